The standard InChI is InChI=1S/C10H17N3O4S/c1-4-8(10(14)15)13(5-2)18(16,17)9-6-12(3)7-11-9/h6-8H,4-5H2,1-3H3,(H,14,15). The fourth-order valence-corrected chi connectivity index (χ4v) is 3.34. The van der Waals surface area contributed by atoms with E-state index in [1.54, 1.807) is 20.9 Å². The molecule has 0 spiro atoms. The third kappa shape index (κ3) is 2.70. The van der Waals surface area contributed by atoms with Gasteiger partial charge in [-0.25, -0.2) is 13.4 Å². The van der Waals surface area contributed by atoms with E-state index < -0.39 is 22.0 Å². The molecule has 0 saturated carbocycles. The van der Waals surface area contributed by atoms with Gasteiger partial charge in [0.15, 0.2) is 5.03 Å². The molecule has 0 fully saturated rings. The average Bonchev–Trinajstić information content (AvgIpc) is 2.72. The third-order valence-electron chi connectivity index (χ3n) is 2.59. The SMILES string of the molecule is CCC(C(=O)O)N(CC)S(=O)(=O)c1cn(C)cn1. The summed E-state index contributed by atoms with van der Waals surface area (Å²) in [6.45, 7) is 3.32. The summed E-state index contributed by atoms with van der Waals surface area (Å²) in [4.78, 5) is 14.9. The minimum Gasteiger partial charge on any atom is -0.480 e. The zero-order valence-electron chi connectivity index (χ0n) is 10.6. The first kappa shape index (κ1) is 14.7. The lowest BCUT2D eigenvalue weighted by Crippen LogP contribution is -2.44. The molecule has 8 heteroatoms. The van der Waals surface area contributed by atoms with Crippen LogP contribution in [-0.4, -0.2) is 45.9 Å². The van der Waals surface area contributed by atoms with Crippen molar-refractivity contribution in [3.8, 4) is 0 Å². The number of rotatable bonds is 6. The van der Waals surface area contributed by atoms with Crippen LogP contribution in [-0.2, 0) is 21.9 Å². The van der Waals surface area contributed by atoms with E-state index in [4.69, 9.17) is 5.11 Å². The maximum Gasteiger partial charge on any atom is 0.322 e. The summed E-state index contributed by atoms with van der Waals surface area (Å²) in [5.41, 5.74) is 0. The van der Waals surface area contributed by atoms with Gasteiger partial charge in [-0.3, -0.25) is 4.79 Å². The fraction of sp³-hybridized carbons (Fsp3) is 0.600. The monoisotopic (exact) mass is 275 g/mol. The Morgan fingerprint density at radius 1 is 1.56 bits per heavy atom. The molecular weight excluding hydrogens is 258 g/mol. The topological polar surface area (TPSA) is 92.5 Å². The first-order chi connectivity index (χ1) is 8.34. The molecule has 102 valence electrons. The van der Waals surface area contributed by atoms with Gasteiger partial charge in [-0.1, -0.05) is 13.8 Å². The molecule has 0 radical (unpaired) electrons. The van der Waals surface area contributed by atoms with Crippen LogP contribution in [0.5, 0.6) is 0 Å². The second kappa shape index (κ2) is 5.49. The number of hydrogen-bond donors (Lipinski definition) is 1. The Balaban J connectivity index is 3.19. The zero-order valence-corrected chi connectivity index (χ0v) is 11.4. The van der Waals surface area contributed by atoms with Gasteiger partial charge in [-0.15, -0.1) is 0 Å². The number of aryl methyl sites for hydroxylation is 1. The molecule has 1 aromatic rings. The lowest BCUT2D eigenvalue weighted by molar-refractivity contribution is -0.141. The molecule has 1 rings (SSSR count). The molecule has 0 aliphatic rings. The second-order valence-electron chi connectivity index (χ2n) is 3.85. The Kier molecular flexibility index (Phi) is 4.47. The number of sulfonamides is 1. The van der Waals surface area contributed by atoms with Crippen LogP contribution in [0.25, 0.3) is 0 Å². The quantitative estimate of drug-likeness (QED) is 0.805. The van der Waals surface area contributed by atoms with E-state index in [1.807, 2.05) is 0 Å². The number of carbonyl (C=O) groups is 1. The van der Waals surface area contributed by atoms with Crippen molar-refractivity contribution < 1.29 is 18.3 Å². The molecular formula is C10H17N3O4S. The molecule has 7 nitrogen and oxygen atoms in total. The Labute approximate surface area is 106 Å². The van der Waals surface area contributed by atoms with Crippen molar-refractivity contribution in [3.05, 3.63) is 12.5 Å². The van der Waals surface area contributed by atoms with Gasteiger partial charge in [0.1, 0.15) is 6.04 Å². The van der Waals surface area contributed by atoms with Gasteiger partial charge in [-0.2, -0.15) is 4.31 Å². The largest absolute Gasteiger partial charge is 0.480 e. The normalized spacial score (nSPS) is 13.8. The third-order valence-corrected chi connectivity index (χ3v) is 4.45. The molecule has 1 aromatic heterocycles. The smallest absolute Gasteiger partial charge is 0.322 e. The van der Waals surface area contributed by atoms with Crippen LogP contribution in [0.1, 0.15) is 20.3 Å². The molecule has 1 N–H and O–H groups in total. The van der Waals surface area contributed by atoms with Crippen LogP contribution in [0.15, 0.2) is 17.6 Å². The van der Waals surface area contributed by atoms with Crippen molar-refractivity contribution in [1.82, 2.24) is 13.9 Å². The molecule has 1 unspecified atom stereocenters. The Bertz CT molecular complexity index is 523. The van der Waals surface area contributed by atoms with Crippen LogP contribution in [0.4, 0.5) is 0 Å². The summed E-state index contributed by atoms with van der Waals surface area (Å²) in [6, 6.07) is -1.07. The Hall–Kier alpha value is -1.41. The van der Waals surface area contributed by atoms with Crippen LogP contribution in [0.3, 0.4) is 0 Å². The molecule has 0 aliphatic carbocycles. The van der Waals surface area contributed by atoms with Crippen molar-refractivity contribution in [3.63, 3.8) is 0 Å². The predicted molar refractivity (Wildman–Crippen MR) is 64.5 cm³/mol. The van der Waals surface area contributed by atoms with E-state index in [-0.39, 0.29) is 18.0 Å². The van der Waals surface area contributed by atoms with Crippen LogP contribution in [0, 0.1) is 0 Å². The lowest BCUT2D eigenvalue weighted by atomic mass is 10.2. The summed E-state index contributed by atoms with van der Waals surface area (Å²) < 4.78 is 27.0. The number of carboxylic acid groups (broad SMARTS) is 1. The Morgan fingerprint density at radius 2 is 2.17 bits per heavy atom. The number of hydrogen-bond acceptors (Lipinski definition) is 4. The van der Waals surface area contributed by atoms with Gasteiger partial charge >= 0.3 is 5.97 Å². The van der Waals surface area contributed by atoms with Crippen molar-refractivity contribution >= 4 is 16.0 Å². The highest BCUT2D eigenvalue weighted by atomic mass is 32.2. The summed E-state index contributed by atoms with van der Waals surface area (Å²) in [5.74, 6) is -1.15. The van der Waals surface area contributed by atoms with E-state index in [0.717, 1.165) is 4.31 Å². The van der Waals surface area contributed by atoms with Crippen LogP contribution in [0.2, 0.25) is 0 Å². The molecule has 18 heavy (non-hydrogen) atoms. The second-order valence-corrected chi connectivity index (χ2v) is 5.69. The molecule has 0 amide bonds. The van der Waals surface area contributed by atoms with E-state index >= 15 is 0 Å². The van der Waals surface area contributed by atoms with E-state index in [2.05, 4.69) is 4.98 Å². The molecule has 1 heterocycles. The first-order valence-corrected chi connectivity index (χ1v) is 7.01. The summed E-state index contributed by atoms with van der Waals surface area (Å²) in [7, 11) is -2.22. The summed E-state index contributed by atoms with van der Waals surface area (Å²) in [6.07, 6.45) is 2.92. The van der Waals surface area contributed by atoms with Gasteiger partial charge in [0.05, 0.1) is 6.33 Å². The first-order valence-electron chi connectivity index (χ1n) is 5.57. The number of nitrogens with zero attached hydrogens (tertiary/aromatic N) is 3. The molecule has 1 atom stereocenters. The van der Waals surface area contributed by atoms with Crippen molar-refractivity contribution in [2.75, 3.05) is 6.54 Å². The number of carboxylic acids is 1. The fourth-order valence-electron chi connectivity index (χ4n) is 1.70. The Morgan fingerprint density at radius 3 is 2.50 bits per heavy atom. The zero-order chi connectivity index (χ0) is 13.9. The van der Waals surface area contributed by atoms with Crippen molar-refractivity contribution in [1.29, 1.82) is 0 Å². The predicted octanol–water partition coefficient (Wildman–Crippen LogP) is 0.294. The highest BCUT2D eigenvalue weighted by molar-refractivity contribution is 7.89. The molecule has 0 bridgehead atoms. The molecule has 0 saturated heterocycles. The van der Waals surface area contributed by atoms with Crippen molar-refractivity contribution in [2.24, 2.45) is 7.05 Å². The highest BCUT2D eigenvalue weighted by Gasteiger charge is 2.34. The van der Waals surface area contributed by atoms with Crippen LogP contribution >= 0.6 is 0 Å². The summed E-state index contributed by atoms with van der Waals surface area (Å²) in [5, 5.41) is 8.93. The van der Waals surface area contributed by atoms with Gasteiger partial charge < -0.3 is 9.67 Å². The highest BCUT2D eigenvalue weighted by Crippen LogP contribution is 2.17. The maximum atomic E-state index is 12.3. The van der Waals surface area contributed by atoms with Crippen LogP contribution < -0.4 is 0 Å². The number of likely N-dealkylation sites (N-methyl/N-ethyl adjacent to an activating group) is 1. The number of aliphatic carboxylic acids is 1. The van der Waals surface area contributed by atoms with E-state index in [0.29, 0.717) is 0 Å². The average molecular weight is 275 g/mol. The molecule has 0 aromatic carbocycles. The van der Waals surface area contributed by atoms with E-state index in [1.165, 1.54) is 17.1 Å². The molecule has 0 aliphatic heterocycles. The van der Waals surface area contributed by atoms with Gasteiger partial charge in [0, 0.05) is 19.8 Å². The number of aromatic nitrogens is 2. The lowest BCUT2D eigenvalue weighted by Gasteiger charge is -2.24. The van der Waals surface area contributed by atoms with E-state index in [9.17, 15) is 13.2 Å². The minimum atomic E-state index is -3.87. The van der Waals surface area contributed by atoms with Gasteiger partial charge in [0.25, 0.3) is 10.0 Å². The number of imidazole rings is 1. The van der Waals surface area contributed by atoms with Gasteiger partial charge in [0.2, 0.25) is 0 Å². The van der Waals surface area contributed by atoms with Crippen molar-refractivity contribution in [2.45, 2.75) is 31.3 Å². The minimum absolute atomic E-state index is 0.0870. The summed E-state index contributed by atoms with van der Waals surface area (Å²) >= 11 is 0. The van der Waals surface area contributed by atoms with Gasteiger partial charge in [-0.05, 0) is 6.42 Å². The maximum absolute atomic E-state index is 12.3.